The quantitative estimate of drug-likeness (QED) is 0.330. The molecule has 0 spiro atoms. The minimum Gasteiger partial charge on any atom is -0.490 e. The lowest BCUT2D eigenvalue weighted by Gasteiger charge is -2.36. The zero-order valence-corrected chi connectivity index (χ0v) is 20.6. The molecule has 1 aliphatic heterocycles. The Labute approximate surface area is 215 Å². The second kappa shape index (κ2) is 10.8. The number of esters is 1. The van der Waals surface area contributed by atoms with Gasteiger partial charge in [-0.3, -0.25) is 4.79 Å². The van der Waals surface area contributed by atoms with Crippen molar-refractivity contribution in [2.24, 2.45) is 0 Å². The van der Waals surface area contributed by atoms with Gasteiger partial charge >= 0.3 is 5.97 Å². The van der Waals surface area contributed by atoms with Crippen molar-refractivity contribution in [1.82, 2.24) is 5.32 Å². The molecule has 2 atom stereocenters. The molecule has 3 aromatic rings. The molecular weight excluding hydrogens is 469 g/mol. The third-order valence-electron chi connectivity index (χ3n) is 6.85. The summed E-state index contributed by atoms with van der Waals surface area (Å²) in [6, 6.07) is 25.2. The van der Waals surface area contributed by atoms with Crippen LogP contribution in [0.2, 0.25) is 0 Å². The predicted octanol–water partition coefficient (Wildman–Crippen LogP) is 5.81. The first-order valence-corrected chi connectivity index (χ1v) is 12.4. The van der Waals surface area contributed by atoms with Gasteiger partial charge in [-0.1, -0.05) is 60.7 Å². The Morgan fingerprint density at radius 2 is 1.57 bits per heavy atom. The van der Waals surface area contributed by atoms with Gasteiger partial charge in [0, 0.05) is 29.3 Å². The maximum absolute atomic E-state index is 13.8. The number of carbonyl (C=O) groups excluding carboxylic acids is 2. The minimum absolute atomic E-state index is 0.0258. The second-order valence-electron chi connectivity index (χ2n) is 9.28. The number of Topliss-reactive ketones (excluding diaryl/α,β-unsaturated/α-hetero) is 1. The smallest absolute Gasteiger partial charge is 0.336 e. The molecule has 3 aromatic carbocycles. The fraction of sp³-hybridized carbons (Fsp3) is 0.226. The van der Waals surface area contributed by atoms with Crippen LogP contribution in [0.25, 0.3) is 0 Å². The molecule has 1 heterocycles. The maximum atomic E-state index is 13.8. The van der Waals surface area contributed by atoms with Crippen LogP contribution in [0.3, 0.4) is 0 Å². The summed E-state index contributed by atoms with van der Waals surface area (Å²) in [5.74, 6) is -0.835. The molecule has 0 saturated carbocycles. The van der Waals surface area contributed by atoms with E-state index in [1.807, 2.05) is 67.6 Å². The van der Waals surface area contributed by atoms with Crippen LogP contribution in [0.15, 0.2) is 107 Å². The molecule has 37 heavy (non-hydrogen) atoms. The van der Waals surface area contributed by atoms with Crippen LogP contribution in [0, 0.1) is 5.82 Å². The number of ketones is 1. The van der Waals surface area contributed by atoms with Crippen molar-refractivity contribution in [2.45, 2.75) is 31.6 Å². The molecule has 5 nitrogen and oxygen atoms in total. The van der Waals surface area contributed by atoms with Crippen molar-refractivity contribution >= 4 is 11.8 Å². The number of hydrogen-bond acceptors (Lipinski definition) is 5. The molecule has 0 saturated heterocycles. The molecule has 1 N–H and O–H groups in total. The number of nitrogens with one attached hydrogen (secondary N) is 1. The van der Waals surface area contributed by atoms with Crippen molar-refractivity contribution in [2.75, 3.05) is 13.2 Å². The van der Waals surface area contributed by atoms with Crippen LogP contribution in [-0.4, -0.2) is 25.0 Å². The lowest BCUT2D eigenvalue weighted by molar-refractivity contribution is -0.140. The number of ether oxygens (including phenoxy) is 2. The molecule has 0 fully saturated rings. The largest absolute Gasteiger partial charge is 0.490 e. The van der Waals surface area contributed by atoms with Gasteiger partial charge in [0.15, 0.2) is 5.78 Å². The summed E-state index contributed by atoms with van der Waals surface area (Å²) in [5.41, 5.74) is 4.12. The molecule has 0 radical (unpaired) electrons. The van der Waals surface area contributed by atoms with Crippen molar-refractivity contribution in [3.05, 3.63) is 124 Å². The lowest BCUT2D eigenvalue weighted by atomic mass is 9.72. The summed E-state index contributed by atoms with van der Waals surface area (Å²) >= 11 is 0. The first kappa shape index (κ1) is 24.5. The summed E-state index contributed by atoms with van der Waals surface area (Å²) in [5, 5.41) is 3.34. The molecule has 6 heteroatoms. The van der Waals surface area contributed by atoms with Crippen LogP contribution < -0.4 is 10.1 Å². The Morgan fingerprint density at radius 1 is 0.892 bits per heavy atom. The number of rotatable bonds is 7. The zero-order valence-electron chi connectivity index (χ0n) is 20.6. The van der Waals surface area contributed by atoms with Gasteiger partial charge in [-0.05, 0) is 54.7 Å². The van der Waals surface area contributed by atoms with Crippen LogP contribution in [0.4, 0.5) is 4.39 Å². The van der Waals surface area contributed by atoms with Gasteiger partial charge < -0.3 is 14.8 Å². The summed E-state index contributed by atoms with van der Waals surface area (Å²) < 4.78 is 25.0. The van der Waals surface area contributed by atoms with E-state index in [-0.39, 0.29) is 30.7 Å². The van der Waals surface area contributed by atoms with Crippen molar-refractivity contribution in [3.8, 4) is 5.75 Å². The predicted molar refractivity (Wildman–Crippen MR) is 138 cm³/mol. The Hall–Kier alpha value is -4.19. The average molecular weight is 498 g/mol. The highest BCUT2D eigenvalue weighted by Gasteiger charge is 2.41. The summed E-state index contributed by atoms with van der Waals surface area (Å²) in [6.07, 6.45) is 0.988. The number of dihydropyridines is 1. The topological polar surface area (TPSA) is 64.6 Å². The molecule has 188 valence electrons. The fourth-order valence-electron chi connectivity index (χ4n) is 5.15. The van der Waals surface area contributed by atoms with Gasteiger partial charge in [0.1, 0.15) is 24.8 Å². The van der Waals surface area contributed by atoms with Crippen LogP contribution in [0.5, 0.6) is 5.75 Å². The van der Waals surface area contributed by atoms with E-state index in [4.69, 9.17) is 9.47 Å². The molecular formula is C31H28FNO4. The van der Waals surface area contributed by atoms with E-state index >= 15 is 0 Å². The molecule has 0 aromatic heterocycles. The van der Waals surface area contributed by atoms with Crippen molar-refractivity contribution in [3.63, 3.8) is 0 Å². The van der Waals surface area contributed by atoms with Crippen molar-refractivity contribution < 1.29 is 23.5 Å². The van der Waals surface area contributed by atoms with Crippen molar-refractivity contribution in [1.29, 1.82) is 0 Å². The van der Waals surface area contributed by atoms with E-state index in [0.29, 0.717) is 41.0 Å². The van der Waals surface area contributed by atoms with E-state index < -0.39 is 11.9 Å². The molecule has 5 rings (SSSR count). The standard InChI is InChI=1S/C31H28FNO4/c1-20-28(31(35)37-17-16-36-25-10-6-3-7-11-25)29(22-12-14-24(32)15-13-22)30-26(33-20)18-23(19-27(30)34)21-8-4-2-5-9-21/h2-15,23,29,33H,16-19H2,1H3/t23-,29+/m0/s1. The molecule has 0 unspecified atom stereocenters. The highest BCUT2D eigenvalue weighted by Crippen LogP contribution is 2.45. The zero-order chi connectivity index (χ0) is 25.8. The monoisotopic (exact) mass is 497 g/mol. The molecule has 0 bridgehead atoms. The molecule has 0 amide bonds. The second-order valence-corrected chi connectivity index (χ2v) is 9.28. The number of benzene rings is 3. The first-order chi connectivity index (χ1) is 18.0. The Kier molecular flexibility index (Phi) is 7.17. The fourth-order valence-corrected chi connectivity index (χ4v) is 5.15. The number of para-hydroxylation sites is 1. The normalized spacial score (nSPS) is 19.2. The van der Waals surface area contributed by atoms with Gasteiger partial charge in [0.2, 0.25) is 0 Å². The summed E-state index contributed by atoms with van der Waals surface area (Å²) in [7, 11) is 0. The highest BCUT2D eigenvalue weighted by atomic mass is 19.1. The third kappa shape index (κ3) is 5.33. The molecule has 2 aliphatic rings. The lowest BCUT2D eigenvalue weighted by Crippen LogP contribution is -2.36. The highest BCUT2D eigenvalue weighted by molar-refractivity contribution is 6.04. The van der Waals surface area contributed by atoms with Gasteiger partial charge in [0.25, 0.3) is 0 Å². The average Bonchev–Trinajstić information content (AvgIpc) is 2.91. The minimum atomic E-state index is -0.636. The van der Waals surface area contributed by atoms with E-state index in [0.717, 1.165) is 11.3 Å². The number of carbonyl (C=O) groups is 2. The maximum Gasteiger partial charge on any atom is 0.336 e. The van der Waals surface area contributed by atoms with E-state index in [2.05, 4.69) is 5.32 Å². The van der Waals surface area contributed by atoms with E-state index in [9.17, 15) is 14.0 Å². The SMILES string of the molecule is CC1=C(C(=O)OCCOc2ccccc2)[C@@H](c2ccc(F)cc2)C2=C(C[C@H](c3ccccc3)CC2=O)N1. The Bertz CT molecular complexity index is 1350. The number of hydrogen-bond donors (Lipinski definition) is 1. The van der Waals surface area contributed by atoms with Crippen LogP contribution >= 0.6 is 0 Å². The number of halogens is 1. The van der Waals surface area contributed by atoms with E-state index in [1.165, 1.54) is 12.1 Å². The van der Waals surface area contributed by atoms with Gasteiger partial charge in [-0.15, -0.1) is 0 Å². The summed E-state index contributed by atoms with van der Waals surface area (Å²) in [4.78, 5) is 26.9. The summed E-state index contributed by atoms with van der Waals surface area (Å²) in [6.45, 7) is 2.06. The van der Waals surface area contributed by atoms with E-state index in [1.54, 1.807) is 12.1 Å². The Balaban J connectivity index is 1.41. The first-order valence-electron chi connectivity index (χ1n) is 12.4. The van der Waals surface area contributed by atoms with Gasteiger partial charge in [0.05, 0.1) is 5.57 Å². The Morgan fingerprint density at radius 3 is 2.27 bits per heavy atom. The van der Waals surface area contributed by atoms with Gasteiger partial charge in [-0.2, -0.15) is 0 Å². The van der Waals surface area contributed by atoms with Crippen LogP contribution in [0.1, 0.15) is 42.7 Å². The molecule has 1 aliphatic carbocycles. The third-order valence-corrected chi connectivity index (χ3v) is 6.85. The van der Waals surface area contributed by atoms with Crippen LogP contribution in [-0.2, 0) is 14.3 Å². The van der Waals surface area contributed by atoms with Gasteiger partial charge in [-0.25, -0.2) is 9.18 Å². The number of allylic oxidation sites excluding steroid dienone is 3.